The van der Waals surface area contributed by atoms with Crippen LogP contribution in [0, 0.1) is 5.92 Å². The van der Waals surface area contributed by atoms with Gasteiger partial charge in [0.05, 0.1) is 32.3 Å². The van der Waals surface area contributed by atoms with Crippen LogP contribution in [-0.4, -0.2) is 62.1 Å². The van der Waals surface area contributed by atoms with Gasteiger partial charge in [0, 0.05) is 34.0 Å². The predicted octanol–water partition coefficient (Wildman–Crippen LogP) is 6.53. The molecule has 4 aromatic rings. The number of amides is 1. The van der Waals surface area contributed by atoms with E-state index in [0.29, 0.717) is 33.9 Å². The number of carboxylic acid groups (broad SMARTS) is 1. The summed E-state index contributed by atoms with van der Waals surface area (Å²) in [6, 6.07) is 13.7. The molecule has 3 fully saturated rings. The normalized spacial score (nSPS) is 18.7. The van der Waals surface area contributed by atoms with Crippen molar-refractivity contribution < 1.29 is 52.0 Å². The van der Waals surface area contributed by atoms with Gasteiger partial charge in [0.1, 0.15) is 16.1 Å². The zero-order valence-electron chi connectivity index (χ0n) is 28.7. The van der Waals surface area contributed by atoms with Crippen LogP contribution < -0.4 is 24.2 Å². The number of rotatable bonds is 11. The summed E-state index contributed by atoms with van der Waals surface area (Å²) < 4.78 is 59.7. The first-order chi connectivity index (χ1) is 25.3. The first-order valence-corrected chi connectivity index (χ1v) is 17.5. The van der Waals surface area contributed by atoms with Gasteiger partial charge in [0.25, 0.3) is 0 Å². The average molecular weight is 775 g/mol. The summed E-state index contributed by atoms with van der Waals surface area (Å²) in [6.45, 7) is 1.88. The Hall–Kier alpha value is -4.72. The molecule has 0 spiro atoms. The number of halogens is 5. The van der Waals surface area contributed by atoms with Crippen molar-refractivity contribution in [3.05, 3.63) is 116 Å². The summed E-state index contributed by atoms with van der Waals surface area (Å²) in [5.74, 6) is -1.59. The quantitative estimate of drug-likeness (QED) is 0.135. The van der Waals surface area contributed by atoms with Crippen molar-refractivity contribution in [1.29, 1.82) is 0 Å². The largest absolute Gasteiger partial charge is 0.545 e. The number of alkyl halides is 3. The fraction of sp³-hybridized carbons (Fsp3) is 0.342. The Morgan fingerprint density at radius 2 is 1.68 bits per heavy atom. The number of carbonyl (C=O) groups excluding carboxylic acids is 2. The fourth-order valence-corrected chi connectivity index (χ4v) is 7.86. The first-order valence-electron chi connectivity index (χ1n) is 16.8. The minimum absolute atomic E-state index is 0.0289. The number of nitrogens with zero attached hydrogens (tertiary/aromatic N) is 3. The Labute approximate surface area is 313 Å². The lowest BCUT2D eigenvalue weighted by Gasteiger charge is -2.44. The van der Waals surface area contributed by atoms with Crippen LogP contribution in [-0.2, 0) is 23.9 Å². The highest BCUT2D eigenvalue weighted by molar-refractivity contribution is 6.35. The van der Waals surface area contributed by atoms with E-state index >= 15 is 0 Å². The number of hydrogen-bond donors (Lipinski definition) is 1. The van der Waals surface area contributed by atoms with E-state index in [-0.39, 0.29) is 51.3 Å². The maximum Gasteiger partial charge on any atom is 0.416 e. The van der Waals surface area contributed by atoms with E-state index in [1.807, 2.05) is 0 Å². The van der Waals surface area contributed by atoms with Gasteiger partial charge in [-0.2, -0.15) is 13.2 Å². The van der Waals surface area contributed by atoms with Gasteiger partial charge < -0.3 is 24.1 Å². The molecule has 0 unspecified atom stereocenters. The second-order valence-corrected chi connectivity index (χ2v) is 13.9. The molecular weight excluding hydrogens is 738 g/mol. The minimum Gasteiger partial charge on any atom is -0.545 e. The molecule has 1 aromatic heterocycles. The molecule has 0 saturated carbocycles. The lowest BCUT2D eigenvalue weighted by atomic mass is 9.80. The summed E-state index contributed by atoms with van der Waals surface area (Å²) in [5.41, 5.74) is 0.0185. The third kappa shape index (κ3) is 8.27. The standard InChI is InChI=1S/C38H36Cl2F3N3O7/c1-51-32-10-9-23(15-33(32)52-2)28(17-29-30(39)19-45(50)20-31(29)40)35-24(5-3-8-27(35)36(47)48)18-46(26-7-4-6-25(16-26)38(41,42)43)37(49)53-34-21-44-13-11-22(34)12-14-44/h3-10,15-16,19-20,22,28,34H,11-14,17-18,21H2,1-2H3,(H-,47,48,50)/t28-,34-/m0/s1. The van der Waals surface area contributed by atoms with E-state index in [4.69, 9.17) is 37.4 Å². The highest BCUT2D eigenvalue weighted by Gasteiger charge is 2.38. The van der Waals surface area contributed by atoms with Gasteiger partial charge in [-0.15, -0.1) is 0 Å². The number of hydrogen-bond acceptors (Lipinski definition) is 8. The molecule has 1 N–H and O–H groups in total. The molecule has 53 heavy (non-hydrogen) atoms. The lowest BCUT2D eigenvalue weighted by molar-refractivity contribution is -0.904. The number of ether oxygens (including phenoxy) is 3. The molecule has 280 valence electrons. The Bertz CT molecular complexity index is 1980. The highest BCUT2D eigenvalue weighted by atomic mass is 35.5. The highest BCUT2D eigenvalue weighted by Crippen LogP contribution is 2.41. The number of anilines is 1. The van der Waals surface area contributed by atoms with Crippen LogP contribution in [0.1, 0.15) is 56.9 Å². The zero-order valence-corrected chi connectivity index (χ0v) is 30.3. The van der Waals surface area contributed by atoms with Crippen LogP contribution in [0.15, 0.2) is 73.1 Å². The van der Waals surface area contributed by atoms with Crippen molar-refractivity contribution in [1.82, 2.24) is 4.90 Å². The molecule has 15 heteroatoms. The summed E-state index contributed by atoms with van der Waals surface area (Å²) in [4.78, 5) is 30.3. The molecule has 3 saturated heterocycles. The van der Waals surface area contributed by atoms with E-state index in [0.717, 1.165) is 43.0 Å². The van der Waals surface area contributed by atoms with Crippen molar-refractivity contribution in [2.45, 2.75) is 44.0 Å². The molecule has 3 aliphatic heterocycles. The summed E-state index contributed by atoms with van der Waals surface area (Å²) in [5, 5.41) is 23.1. The smallest absolute Gasteiger partial charge is 0.416 e. The van der Waals surface area contributed by atoms with Gasteiger partial charge in [-0.1, -0.05) is 53.5 Å². The molecule has 2 atom stereocenters. The number of piperidine rings is 3. The summed E-state index contributed by atoms with van der Waals surface area (Å²) >= 11 is 13.2. The van der Waals surface area contributed by atoms with Crippen LogP contribution in [0.25, 0.3) is 0 Å². The van der Waals surface area contributed by atoms with Gasteiger partial charge in [-0.3, -0.25) is 15.0 Å². The molecule has 4 heterocycles. The number of methoxy groups -OCH3 is 2. The Morgan fingerprint density at radius 3 is 2.28 bits per heavy atom. The minimum atomic E-state index is -4.71. The van der Waals surface area contributed by atoms with Crippen molar-refractivity contribution in [3.63, 3.8) is 0 Å². The average Bonchev–Trinajstić information content (AvgIpc) is 3.13. The van der Waals surface area contributed by atoms with Gasteiger partial charge in [0.15, 0.2) is 11.5 Å². The van der Waals surface area contributed by atoms with Crippen molar-refractivity contribution in [2.75, 3.05) is 38.8 Å². The zero-order chi connectivity index (χ0) is 38.0. The summed E-state index contributed by atoms with van der Waals surface area (Å²) in [7, 11) is 2.90. The van der Waals surface area contributed by atoms with Crippen LogP contribution in [0.5, 0.6) is 11.5 Å². The van der Waals surface area contributed by atoms with Gasteiger partial charge in [-0.25, -0.2) is 4.79 Å². The first kappa shape index (κ1) is 38.0. The topological polar surface area (TPSA) is 115 Å². The fourth-order valence-electron chi connectivity index (χ4n) is 7.25. The van der Waals surface area contributed by atoms with E-state index in [1.165, 1.54) is 50.9 Å². The molecule has 10 nitrogen and oxygen atoms in total. The van der Waals surface area contributed by atoms with Crippen molar-refractivity contribution >= 4 is 41.0 Å². The number of pyridine rings is 1. The van der Waals surface area contributed by atoms with E-state index < -0.39 is 35.8 Å². The Balaban J connectivity index is 1.51. The molecule has 3 aromatic carbocycles. The maximum atomic E-state index is 14.2. The Kier molecular flexibility index (Phi) is 11.3. The third-order valence-electron chi connectivity index (χ3n) is 9.93. The monoisotopic (exact) mass is 773 g/mol. The van der Waals surface area contributed by atoms with Gasteiger partial charge in [0.2, 0.25) is 12.4 Å². The molecule has 2 bridgehead atoms. The Morgan fingerprint density at radius 1 is 1.00 bits per heavy atom. The van der Waals surface area contributed by atoms with Crippen LogP contribution in [0.4, 0.5) is 23.7 Å². The second-order valence-electron chi connectivity index (χ2n) is 13.0. The summed E-state index contributed by atoms with van der Waals surface area (Å²) in [6.07, 6.45) is -1.99. The molecule has 0 aliphatic carbocycles. The van der Waals surface area contributed by atoms with E-state index in [2.05, 4.69) is 4.90 Å². The van der Waals surface area contributed by atoms with E-state index in [9.17, 15) is 33.1 Å². The van der Waals surface area contributed by atoms with Crippen LogP contribution in [0.3, 0.4) is 0 Å². The van der Waals surface area contributed by atoms with Gasteiger partial charge in [-0.05, 0) is 85.3 Å². The molecule has 1 amide bonds. The second kappa shape index (κ2) is 15.7. The van der Waals surface area contributed by atoms with Crippen LogP contribution >= 0.6 is 23.2 Å². The number of carboxylic acids is 1. The molecule has 7 rings (SSSR count). The van der Waals surface area contributed by atoms with E-state index in [1.54, 1.807) is 24.3 Å². The predicted molar refractivity (Wildman–Crippen MR) is 187 cm³/mol. The number of carbonyl (C=O) groups is 2. The molecule has 3 aliphatic rings. The molecule has 0 radical (unpaired) electrons. The lowest BCUT2D eigenvalue weighted by Crippen LogP contribution is -2.53. The van der Waals surface area contributed by atoms with Crippen LogP contribution in [0.2, 0.25) is 10.0 Å². The number of benzene rings is 3. The maximum absolute atomic E-state index is 14.2. The number of aromatic carboxylic acids is 1. The van der Waals surface area contributed by atoms with Crippen molar-refractivity contribution in [3.8, 4) is 11.5 Å². The van der Waals surface area contributed by atoms with Crippen molar-refractivity contribution in [2.24, 2.45) is 5.92 Å². The third-order valence-corrected chi connectivity index (χ3v) is 10.6. The SMILES string of the molecule is COc1ccc([C@H](Cc2c(Cl)c[n+](O)cc2Cl)c2c(CN(C(=O)O[C@H]3CN4CCC3CC4)c3cccc(C(F)(F)F)c3)cccc2C(=O)[O-])cc1OC. The number of aromatic nitrogens is 1. The number of fused-ring (bicyclic) bond motifs is 3. The van der Waals surface area contributed by atoms with Gasteiger partial charge >= 0.3 is 12.3 Å². The molecular formula is C38H36Cl2F3N3O7.